The van der Waals surface area contributed by atoms with E-state index >= 15 is 0 Å². The third kappa shape index (κ3) is 10.7. The van der Waals surface area contributed by atoms with Gasteiger partial charge in [-0.05, 0) is 12.1 Å². The summed E-state index contributed by atoms with van der Waals surface area (Å²) < 4.78 is 0. The van der Waals surface area contributed by atoms with E-state index in [2.05, 4.69) is 35.3 Å². The molecule has 0 saturated heterocycles. The highest BCUT2D eigenvalue weighted by atomic mass is 16.4. The van der Waals surface area contributed by atoms with Gasteiger partial charge in [-0.25, -0.2) is 24.2 Å². The molecule has 0 atom stereocenters. The van der Waals surface area contributed by atoms with Crippen molar-refractivity contribution in [1.82, 2.24) is 4.98 Å². The molecule has 0 spiro atoms. The molecule has 9 heteroatoms. The number of carboxylic acid groups (broad SMARTS) is 4. The standard InChI is InChI=1S/C15H11N.2C4H4O4/c1-2-6-12(7-3-1)15-11-10-13-8-4-5-9-14(13)16-15;2*5-3(6)1-2-4(7)8/h1-11H;2*1-2H,(H,5,6)(H,7,8). The lowest BCUT2D eigenvalue weighted by Gasteiger charge is -2.02. The molecule has 0 bridgehead atoms. The summed E-state index contributed by atoms with van der Waals surface area (Å²) in [5.41, 5.74) is 3.23. The Morgan fingerprint density at radius 3 is 1.47 bits per heavy atom. The topological polar surface area (TPSA) is 162 Å². The van der Waals surface area contributed by atoms with Crippen LogP contribution in [0.15, 0.2) is 91.0 Å². The Hall–Kier alpha value is -4.79. The number of aromatic nitrogens is 1. The second-order valence-electron chi connectivity index (χ2n) is 5.77. The van der Waals surface area contributed by atoms with Crippen LogP contribution in [-0.2, 0) is 19.2 Å². The van der Waals surface area contributed by atoms with Gasteiger partial charge < -0.3 is 20.4 Å². The fraction of sp³-hybridized carbons (Fsp3) is 0. The number of rotatable bonds is 5. The van der Waals surface area contributed by atoms with E-state index in [1.807, 2.05) is 36.4 Å². The van der Waals surface area contributed by atoms with Gasteiger partial charge in [-0.1, -0.05) is 54.6 Å². The van der Waals surface area contributed by atoms with E-state index in [0.29, 0.717) is 24.3 Å². The maximum atomic E-state index is 9.55. The van der Waals surface area contributed by atoms with Crippen LogP contribution in [0, 0.1) is 0 Å². The second-order valence-corrected chi connectivity index (χ2v) is 5.77. The molecular formula is C23H19NO8. The van der Waals surface area contributed by atoms with E-state index in [9.17, 15) is 19.2 Å². The largest absolute Gasteiger partial charge is 0.478 e. The molecule has 0 aliphatic carbocycles. The van der Waals surface area contributed by atoms with Crippen molar-refractivity contribution in [1.29, 1.82) is 0 Å². The van der Waals surface area contributed by atoms with Gasteiger partial charge in [0.25, 0.3) is 0 Å². The zero-order valence-corrected chi connectivity index (χ0v) is 16.5. The Balaban J connectivity index is 0.000000273. The van der Waals surface area contributed by atoms with E-state index in [-0.39, 0.29) is 0 Å². The number of hydrogen-bond acceptors (Lipinski definition) is 5. The zero-order chi connectivity index (χ0) is 23.9. The van der Waals surface area contributed by atoms with Crippen LogP contribution in [-0.4, -0.2) is 49.3 Å². The number of carbonyl (C=O) groups is 4. The third-order valence-electron chi connectivity index (χ3n) is 3.40. The highest BCUT2D eigenvalue weighted by Gasteiger charge is 1.99. The van der Waals surface area contributed by atoms with Crippen LogP contribution in [0.4, 0.5) is 0 Å². The fourth-order valence-corrected chi connectivity index (χ4v) is 2.12. The summed E-state index contributed by atoms with van der Waals surface area (Å²) >= 11 is 0. The Morgan fingerprint density at radius 2 is 1.00 bits per heavy atom. The van der Waals surface area contributed by atoms with Crippen molar-refractivity contribution >= 4 is 34.8 Å². The van der Waals surface area contributed by atoms with Crippen molar-refractivity contribution in [2.45, 2.75) is 0 Å². The van der Waals surface area contributed by atoms with Crippen molar-refractivity contribution in [3.63, 3.8) is 0 Å². The van der Waals surface area contributed by atoms with Crippen LogP contribution in [0.1, 0.15) is 0 Å². The maximum absolute atomic E-state index is 9.55. The summed E-state index contributed by atoms with van der Waals surface area (Å²) in [6.45, 7) is 0. The zero-order valence-electron chi connectivity index (χ0n) is 16.5. The fourth-order valence-electron chi connectivity index (χ4n) is 2.12. The Labute approximate surface area is 182 Å². The number of aliphatic carboxylic acids is 4. The minimum atomic E-state index is -1.26. The number of para-hydroxylation sites is 1. The predicted octanol–water partition coefficient (Wildman–Crippen LogP) is 3.33. The molecule has 3 aromatic rings. The molecule has 4 N–H and O–H groups in total. The second kappa shape index (κ2) is 13.4. The van der Waals surface area contributed by atoms with Crippen LogP contribution < -0.4 is 0 Å². The highest BCUT2D eigenvalue weighted by Crippen LogP contribution is 2.20. The first kappa shape index (κ1) is 25.2. The van der Waals surface area contributed by atoms with Gasteiger partial charge in [0.1, 0.15) is 0 Å². The van der Waals surface area contributed by atoms with E-state index in [1.165, 1.54) is 5.39 Å². The Morgan fingerprint density at radius 1 is 0.562 bits per heavy atom. The van der Waals surface area contributed by atoms with E-state index in [4.69, 9.17) is 20.4 Å². The van der Waals surface area contributed by atoms with E-state index < -0.39 is 23.9 Å². The van der Waals surface area contributed by atoms with Gasteiger partial charge in [0, 0.05) is 35.3 Å². The molecule has 0 unspecified atom stereocenters. The average molecular weight is 437 g/mol. The molecule has 0 aliphatic heterocycles. The molecule has 0 fully saturated rings. The summed E-state index contributed by atoms with van der Waals surface area (Å²) in [5.74, 6) is -5.03. The van der Waals surface area contributed by atoms with Gasteiger partial charge >= 0.3 is 23.9 Å². The van der Waals surface area contributed by atoms with Gasteiger partial charge in [-0.3, -0.25) is 0 Å². The van der Waals surface area contributed by atoms with Gasteiger partial charge in [0.2, 0.25) is 0 Å². The van der Waals surface area contributed by atoms with Gasteiger partial charge in [-0.2, -0.15) is 0 Å². The summed E-state index contributed by atoms with van der Waals surface area (Å²) in [5, 5.41) is 32.4. The van der Waals surface area contributed by atoms with Crippen LogP contribution in [0.3, 0.4) is 0 Å². The highest BCUT2D eigenvalue weighted by molar-refractivity contribution is 5.90. The SMILES string of the molecule is O=C(O)C=CC(=O)O.O=C(O)C=CC(=O)O.c1ccc(-c2ccc3ccccc3n2)cc1. The predicted molar refractivity (Wildman–Crippen MR) is 116 cm³/mol. The number of benzene rings is 2. The summed E-state index contributed by atoms with van der Waals surface area (Å²) in [6, 6.07) is 22.6. The number of carboxylic acids is 4. The molecule has 1 heterocycles. The van der Waals surface area contributed by atoms with E-state index in [0.717, 1.165) is 16.8 Å². The molecule has 3 rings (SSSR count). The van der Waals surface area contributed by atoms with Gasteiger partial charge in [0.15, 0.2) is 0 Å². The lowest BCUT2D eigenvalue weighted by molar-refractivity contribution is -0.134. The molecule has 0 aliphatic rings. The third-order valence-corrected chi connectivity index (χ3v) is 3.40. The van der Waals surface area contributed by atoms with Crippen molar-refractivity contribution in [3.05, 3.63) is 91.0 Å². The summed E-state index contributed by atoms with van der Waals surface area (Å²) in [6.07, 6.45) is 2.23. The molecule has 9 nitrogen and oxygen atoms in total. The molecule has 32 heavy (non-hydrogen) atoms. The van der Waals surface area contributed by atoms with Crippen molar-refractivity contribution in [2.75, 3.05) is 0 Å². The van der Waals surface area contributed by atoms with Crippen molar-refractivity contribution < 1.29 is 39.6 Å². The lowest BCUT2D eigenvalue weighted by Crippen LogP contribution is -1.91. The smallest absolute Gasteiger partial charge is 0.328 e. The quantitative estimate of drug-likeness (QED) is 0.439. The lowest BCUT2D eigenvalue weighted by atomic mass is 10.1. The normalized spacial score (nSPS) is 10.0. The number of fused-ring (bicyclic) bond motifs is 1. The number of hydrogen-bond donors (Lipinski definition) is 4. The first-order valence-corrected chi connectivity index (χ1v) is 8.88. The van der Waals surface area contributed by atoms with Gasteiger partial charge in [0.05, 0.1) is 11.2 Å². The molecule has 2 aromatic carbocycles. The number of nitrogens with zero attached hydrogens (tertiary/aromatic N) is 1. The molecule has 0 radical (unpaired) electrons. The minimum Gasteiger partial charge on any atom is -0.478 e. The first-order chi connectivity index (χ1) is 15.2. The Kier molecular flexibility index (Phi) is 10.6. The molecule has 164 valence electrons. The molecule has 0 saturated carbocycles. The minimum absolute atomic E-state index is 0.558. The Bertz CT molecular complexity index is 1070. The summed E-state index contributed by atoms with van der Waals surface area (Å²) in [4.78, 5) is 42.9. The molecular weight excluding hydrogens is 418 g/mol. The van der Waals surface area contributed by atoms with Crippen molar-refractivity contribution in [3.8, 4) is 11.3 Å². The van der Waals surface area contributed by atoms with Crippen LogP contribution in [0.5, 0.6) is 0 Å². The first-order valence-electron chi connectivity index (χ1n) is 8.88. The van der Waals surface area contributed by atoms with Crippen LogP contribution >= 0.6 is 0 Å². The van der Waals surface area contributed by atoms with Gasteiger partial charge in [-0.15, -0.1) is 0 Å². The maximum Gasteiger partial charge on any atom is 0.328 e. The number of pyridine rings is 1. The average Bonchev–Trinajstić information content (AvgIpc) is 2.77. The monoisotopic (exact) mass is 437 g/mol. The molecule has 1 aromatic heterocycles. The van der Waals surface area contributed by atoms with Crippen molar-refractivity contribution in [2.24, 2.45) is 0 Å². The van der Waals surface area contributed by atoms with Crippen LogP contribution in [0.25, 0.3) is 22.2 Å². The van der Waals surface area contributed by atoms with E-state index in [1.54, 1.807) is 0 Å². The molecule has 0 amide bonds. The van der Waals surface area contributed by atoms with Crippen LogP contribution in [0.2, 0.25) is 0 Å². The summed E-state index contributed by atoms with van der Waals surface area (Å²) in [7, 11) is 0.